The van der Waals surface area contributed by atoms with E-state index >= 15 is 0 Å². The fourth-order valence-electron chi connectivity index (χ4n) is 3.96. The fourth-order valence-corrected chi connectivity index (χ4v) is 3.96. The Labute approximate surface area is 206 Å². The van der Waals surface area contributed by atoms with Crippen LogP contribution in [0, 0.1) is 0 Å². The second kappa shape index (κ2) is 12.3. The van der Waals surface area contributed by atoms with E-state index < -0.39 is 0 Å². The molecule has 0 aliphatic carbocycles. The molecule has 0 radical (unpaired) electrons. The predicted octanol–water partition coefficient (Wildman–Crippen LogP) is 1.34. The molecule has 176 valence electrons. The molecule has 0 aromatic carbocycles. The van der Waals surface area contributed by atoms with E-state index in [0.717, 1.165) is 81.2 Å². The van der Waals surface area contributed by atoms with Gasteiger partial charge in [-0.05, 0) is 19.4 Å². The Morgan fingerprint density at radius 2 is 2.19 bits per heavy atom. The minimum atomic E-state index is 0. The zero-order chi connectivity index (χ0) is 21.5. The van der Waals surface area contributed by atoms with Gasteiger partial charge in [0.25, 0.3) is 0 Å². The van der Waals surface area contributed by atoms with Gasteiger partial charge < -0.3 is 25.0 Å². The summed E-state index contributed by atoms with van der Waals surface area (Å²) in [4.78, 5) is 16.3. The van der Waals surface area contributed by atoms with Gasteiger partial charge in [-0.2, -0.15) is 5.10 Å². The number of rotatable bonds is 7. The van der Waals surface area contributed by atoms with Crippen LogP contribution >= 0.6 is 24.0 Å². The molecule has 4 heterocycles. The molecule has 32 heavy (non-hydrogen) atoms. The number of methoxy groups -OCH3 is 1. The van der Waals surface area contributed by atoms with Crippen molar-refractivity contribution in [2.75, 3.05) is 44.9 Å². The lowest BCUT2D eigenvalue weighted by Gasteiger charge is -2.29. The number of aromatic nitrogens is 4. The Kier molecular flexibility index (Phi) is 9.48. The van der Waals surface area contributed by atoms with E-state index in [9.17, 15) is 0 Å². The lowest BCUT2D eigenvalue weighted by atomic mass is 10.1. The number of hydrogen-bond acceptors (Lipinski definition) is 7. The van der Waals surface area contributed by atoms with Gasteiger partial charge in [0.1, 0.15) is 18.2 Å². The normalized spacial score (nSPS) is 18.6. The van der Waals surface area contributed by atoms with Crippen LogP contribution in [0.3, 0.4) is 0 Å². The quantitative estimate of drug-likeness (QED) is 0.300. The van der Waals surface area contributed by atoms with Crippen LogP contribution in [-0.2, 0) is 35.6 Å². The van der Waals surface area contributed by atoms with Gasteiger partial charge >= 0.3 is 0 Å². The molecule has 2 aliphatic rings. The lowest BCUT2D eigenvalue weighted by molar-refractivity contribution is 0.122. The Morgan fingerprint density at radius 3 is 2.97 bits per heavy atom. The molecule has 0 amide bonds. The highest BCUT2D eigenvalue weighted by molar-refractivity contribution is 14.0. The summed E-state index contributed by atoms with van der Waals surface area (Å²) in [5.41, 5.74) is 1.12. The Hall–Kier alpha value is -1.99. The monoisotopic (exact) mass is 556 g/mol. The van der Waals surface area contributed by atoms with Crippen LogP contribution < -0.4 is 15.5 Å². The first kappa shape index (κ1) is 24.6. The molecule has 0 spiro atoms. The van der Waals surface area contributed by atoms with E-state index in [4.69, 9.17) is 14.5 Å². The SMILES string of the molecule is CCNC(=NCc1cccnc1N1CCOCC1)NC1CCc2nc(COC)nn2C1.I. The summed E-state index contributed by atoms with van der Waals surface area (Å²) in [6.45, 7) is 7.85. The molecule has 1 atom stereocenters. The van der Waals surface area contributed by atoms with Crippen LogP contribution in [0.5, 0.6) is 0 Å². The summed E-state index contributed by atoms with van der Waals surface area (Å²) in [6, 6.07) is 4.32. The van der Waals surface area contributed by atoms with Gasteiger partial charge in [-0.15, -0.1) is 24.0 Å². The molecule has 11 heteroatoms. The van der Waals surface area contributed by atoms with Gasteiger partial charge in [0.15, 0.2) is 11.8 Å². The van der Waals surface area contributed by atoms with Crippen molar-refractivity contribution < 1.29 is 9.47 Å². The van der Waals surface area contributed by atoms with Crippen molar-refractivity contribution in [1.29, 1.82) is 0 Å². The van der Waals surface area contributed by atoms with Crippen LogP contribution in [0.15, 0.2) is 23.3 Å². The highest BCUT2D eigenvalue weighted by Crippen LogP contribution is 2.19. The number of morpholine rings is 1. The molecule has 2 aromatic heterocycles. The first-order chi connectivity index (χ1) is 15.3. The van der Waals surface area contributed by atoms with Gasteiger partial charge in [-0.3, -0.25) is 0 Å². The van der Waals surface area contributed by atoms with E-state index in [1.54, 1.807) is 7.11 Å². The third kappa shape index (κ3) is 6.29. The molecular formula is C21H33IN8O2. The number of anilines is 1. The summed E-state index contributed by atoms with van der Waals surface area (Å²) in [7, 11) is 1.66. The maximum Gasteiger partial charge on any atom is 0.191 e. The number of hydrogen-bond donors (Lipinski definition) is 2. The fraction of sp³-hybridized carbons (Fsp3) is 0.619. The Bertz CT molecular complexity index is 884. The molecule has 1 unspecified atom stereocenters. The van der Waals surface area contributed by atoms with Gasteiger partial charge in [0, 0.05) is 51.0 Å². The van der Waals surface area contributed by atoms with E-state index in [-0.39, 0.29) is 30.0 Å². The number of aryl methyl sites for hydroxylation is 1. The Balaban J connectivity index is 0.00000289. The number of halogens is 1. The van der Waals surface area contributed by atoms with Crippen LogP contribution in [0.25, 0.3) is 0 Å². The summed E-state index contributed by atoms with van der Waals surface area (Å²) < 4.78 is 12.6. The van der Waals surface area contributed by atoms with Crippen molar-refractivity contribution in [3.05, 3.63) is 35.5 Å². The first-order valence-corrected chi connectivity index (χ1v) is 11.0. The molecule has 1 fully saturated rings. The molecule has 1 saturated heterocycles. The summed E-state index contributed by atoms with van der Waals surface area (Å²) >= 11 is 0. The van der Waals surface area contributed by atoms with Crippen molar-refractivity contribution in [3.63, 3.8) is 0 Å². The van der Waals surface area contributed by atoms with Crippen molar-refractivity contribution in [2.24, 2.45) is 4.99 Å². The van der Waals surface area contributed by atoms with E-state index in [0.29, 0.717) is 13.2 Å². The number of aliphatic imine (C=N–C) groups is 1. The first-order valence-electron chi connectivity index (χ1n) is 11.0. The molecule has 10 nitrogen and oxygen atoms in total. The number of guanidine groups is 1. The van der Waals surface area contributed by atoms with Crippen LogP contribution in [0.4, 0.5) is 5.82 Å². The molecule has 2 aromatic rings. The average molecular weight is 556 g/mol. The third-order valence-electron chi connectivity index (χ3n) is 5.45. The van der Waals surface area contributed by atoms with Crippen molar-refractivity contribution in [3.8, 4) is 0 Å². The summed E-state index contributed by atoms with van der Waals surface area (Å²) in [5, 5.41) is 11.5. The number of fused-ring (bicyclic) bond motifs is 1. The number of pyridine rings is 1. The number of ether oxygens (including phenoxy) is 2. The topological polar surface area (TPSA) is 102 Å². The molecule has 2 aliphatic heterocycles. The number of nitrogens with one attached hydrogen (secondary N) is 2. The highest BCUT2D eigenvalue weighted by atomic mass is 127. The Morgan fingerprint density at radius 1 is 1.34 bits per heavy atom. The molecule has 0 saturated carbocycles. The zero-order valence-electron chi connectivity index (χ0n) is 18.8. The van der Waals surface area contributed by atoms with E-state index in [1.165, 1.54) is 0 Å². The standard InChI is InChI=1S/C21H32N8O2.HI/c1-3-22-21(25-17-6-7-19-26-18(15-30-2)27-29(19)14-17)24-13-16-5-4-8-23-20(16)28-9-11-31-12-10-28;/h4-5,8,17H,3,6-7,9-15H2,1-2H3,(H2,22,24,25);1H. The zero-order valence-corrected chi connectivity index (χ0v) is 21.1. The van der Waals surface area contributed by atoms with E-state index in [2.05, 4.69) is 43.6 Å². The molecule has 4 rings (SSSR count). The van der Waals surface area contributed by atoms with Gasteiger partial charge in [-0.1, -0.05) is 6.07 Å². The summed E-state index contributed by atoms with van der Waals surface area (Å²) in [6.07, 6.45) is 3.72. The predicted molar refractivity (Wildman–Crippen MR) is 133 cm³/mol. The molecule has 0 bridgehead atoms. The van der Waals surface area contributed by atoms with Crippen molar-refractivity contribution in [1.82, 2.24) is 30.4 Å². The van der Waals surface area contributed by atoms with Gasteiger partial charge in [-0.25, -0.2) is 19.6 Å². The average Bonchev–Trinajstić information content (AvgIpc) is 3.20. The lowest BCUT2D eigenvalue weighted by Crippen LogP contribution is -2.47. The maximum atomic E-state index is 5.48. The van der Waals surface area contributed by atoms with Crippen LogP contribution in [0.1, 0.15) is 30.6 Å². The van der Waals surface area contributed by atoms with Gasteiger partial charge in [0.05, 0.1) is 26.3 Å². The third-order valence-corrected chi connectivity index (χ3v) is 5.45. The smallest absolute Gasteiger partial charge is 0.191 e. The molecular weight excluding hydrogens is 523 g/mol. The van der Waals surface area contributed by atoms with Crippen molar-refractivity contribution in [2.45, 2.75) is 45.5 Å². The van der Waals surface area contributed by atoms with Gasteiger partial charge in [0.2, 0.25) is 0 Å². The minimum Gasteiger partial charge on any atom is -0.378 e. The second-order valence-electron chi connectivity index (χ2n) is 7.72. The second-order valence-corrected chi connectivity index (χ2v) is 7.72. The maximum absolute atomic E-state index is 5.48. The summed E-state index contributed by atoms with van der Waals surface area (Å²) in [5.74, 6) is 3.58. The number of nitrogens with zero attached hydrogens (tertiary/aromatic N) is 6. The highest BCUT2D eigenvalue weighted by Gasteiger charge is 2.22. The minimum absolute atomic E-state index is 0. The largest absolute Gasteiger partial charge is 0.378 e. The van der Waals surface area contributed by atoms with Crippen LogP contribution in [-0.4, -0.2) is 71.7 Å². The molecule has 2 N–H and O–H groups in total. The van der Waals surface area contributed by atoms with Crippen LogP contribution in [0.2, 0.25) is 0 Å². The van der Waals surface area contributed by atoms with Crippen molar-refractivity contribution >= 4 is 35.8 Å². The van der Waals surface area contributed by atoms with E-state index in [1.807, 2.05) is 16.9 Å².